The molecule has 0 bridgehead atoms. The summed E-state index contributed by atoms with van der Waals surface area (Å²) in [6.45, 7) is 2.71. The minimum Gasteiger partial charge on any atom is -0.611 e. The molecular weight excluding hydrogens is 321 g/mol. The van der Waals surface area contributed by atoms with E-state index in [0.29, 0.717) is 35.8 Å². The van der Waals surface area contributed by atoms with Gasteiger partial charge in [-0.3, -0.25) is 4.79 Å². The van der Waals surface area contributed by atoms with E-state index in [2.05, 4.69) is 14.9 Å². The number of aryl methyl sites for hydroxylation is 1. The summed E-state index contributed by atoms with van der Waals surface area (Å²) in [6, 6.07) is 5.65. The number of hydrogen-bond donors (Lipinski definition) is 0. The molecule has 2 unspecified atom stereocenters. The van der Waals surface area contributed by atoms with Gasteiger partial charge in [-0.25, -0.2) is 9.02 Å². The summed E-state index contributed by atoms with van der Waals surface area (Å²) in [5.41, 5.74) is 1.13. The summed E-state index contributed by atoms with van der Waals surface area (Å²) >= 11 is -1.25. The Labute approximate surface area is 135 Å². The molecule has 1 saturated heterocycles. The maximum atomic E-state index is 12.9. The van der Waals surface area contributed by atoms with Crippen molar-refractivity contribution >= 4 is 17.1 Å². The quantitative estimate of drug-likeness (QED) is 0.789. The SMILES string of the molecule is Cc1nonc1CC(=O)N1CCC([S+]([O-])c2ccc(F)cc2)C1. The largest absolute Gasteiger partial charge is 0.611 e. The summed E-state index contributed by atoms with van der Waals surface area (Å²) in [6.07, 6.45) is 0.789. The lowest BCUT2D eigenvalue weighted by Gasteiger charge is -2.18. The summed E-state index contributed by atoms with van der Waals surface area (Å²) in [5.74, 6) is -0.437. The van der Waals surface area contributed by atoms with Crippen LogP contribution >= 0.6 is 0 Å². The average molecular weight is 337 g/mol. The minimum atomic E-state index is -1.25. The van der Waals surface area contributed by atoms with Crippen molar-refractivity contribution < 1.29 is 18.4 Å². The molecule has 1 aliphatic rings. The van der Waals surface area contributed by atoms with Crippen LogP contribution in [0.25, 0.3) is 0 Å². The second-order valence-electron chi connectivity index (χ2n) is 5.47. The van der Waals surface area contributed by atoms with Crippen molar-refractivity contribution in [2.75, 3.05) is 13.1 Å². The molecule has 6 nitrogen and oxygen atoms in total. The highest BCUT2D eigenvalue weighted by atomic mass is 32.2. The number of aromatic nitrogens is 2. The van der Waals surface area contributed by atoms with Crippen LogP contribution in [0.2, 0.25) is 0 Å². The van der Waals surface area contributed by atoms with Crippen LogP contribution in [0.3, 0.4) is 0 Å². The van der Waals surface area contributed by atoms with E-state index in [-0.39, 0.29) is 23.4 Å². The number of nitrogens with zero attached hydrogens (tertiary/aromatic N) is 3. The Morgan fingerprint density at radius 3 is 2.83 bits per heavy atom. The number of carbonyl (C=O) groups excluding carboxylic acids is 1. The summed E-state index contributed by atoms with van der Waals surface area (Å²) in [5, 5.41) is 7.22. The lowest BCUT2D eigenvalue weighted by molar-refractivity contribution is -0.129. The third-order valence-electron chi connectivity index (χ3n) is 3.91. The van der Waals surface area contributed by atoms with E-state index in [0.717, 1.165) is 0 Å². The van der Waals surface area contributed by atoms with Crippen LogP contribution in [-0.2, 0) is 22.4 Å². The molecule has 1 fully saturated rings. The van der Waals surface area contributed by atoms with Gasteiger partial charge in [-0.2, -0.15) is 0 Å². The molecule has 2 atom stereocenters. The Balaban J connectivity index is 1.60. The van der Waals surface area contributed by atoms with Gasteiger partial charge in [-0.05, 0) is 42.4 Å². The molecule has 122 valence electrons. The van der Waals surface area contributed by atoms with Crippen LogP contribution in [-0.4, -0.2) is 44.0 Å². The molecule has 1 amide bonds. The van der Waals surface area contributed by atoms with Crippen molar-refractivity contribution in [1.29, 1.82) is 0 Å². The van der Waals surface area contributed by atoms with Gasteiger partial charge in [0.25, 0.3) is 0 Å². The Hall–Kier alpha value is -1.93. The zero-order valence-electron chi connectivity index (χ0n) is 12.6. The second kappa shape index (κ2) is 6.67. The maximum Gasteiger partial charge on any atom is 0.228 e. The molecule has 1 aromatic carbocycles. The van der Waals surface area contributed by atoms with Crippen LogP contribution in [0.15, 0.2) is 33.8 Å². The van der Waals surface area contributed by atoms with Gasteiger partial charge in [-0.1, -0.05) is 10.3 Å². The molecule has 8 heteroatoms. The van der Waals surface area contributed by atoms with Crippen LogP contribution in [0, 0.1) is 12.7 Å². The van der Waals surface area contributed by atoms with Crippen molar-refractivity contribution in [2.45, 2.75) is 29.9 Å². The first kappa shape index (κ1) is 15.9. The van der Waals surface area contributed by atoms with Gasteiger partial charge in [0, 0.05) is 13.0 Å². The van der Waals surface area contributed by atoms with E-state index < -0.39 is 11.2 Å². The number of carbonyl (C=O) groups is 1. The van der Waals surface area contributed by atoms with Crippen LogP contribution in [0.4, 0.5) is 4.39 Å². The summed E-state index contributed by atoms with van der Waals surface area (Å²) in [4.78, 5) is 14.5. The van der Waals surface area contributed by atoms with Crippen molar-refractivity contribution in [1.82, 2.24) is 15.2 Å². The molecule has 3 rings (SSSR count). The fourth-order valence-electron chi connectivity index (χ4n) is 2.56. The maximum absolute atomic E-state index is 12.9. The molecule has 0 N–H and O–H groups in total. The zero-order valence-corrected chi connectivity index (χ0v) is 13.4. The molecule has 1 aliphatic heterocycles. The topological polar surface area (TPSA) is 82.3 Å². The van der Waals surface area contributed by atoms with Gasteiger partial charge in [0.2, 0.25) is 5.91 Å². The molecule has 2 aromatic rings. The van der Waals surface area contributed by atoms with Crippen LogP contribution < -0.4 is 0 Å². The number of likely N-dealkylation sites (tertiary alicyclic amines) is 1. The van der Waals surface area contributed by atoms with Crippen LogP contribution in [0.1, 0.15) is 17.8 Å². The Morgan fingerprint density at radius 2 is 2.17 bits per heavy atom. The van der Waals surface area contributed by atoms with Gasteiger partial charge in [0.05, 0.1) is 13.0 Å². The van der Waals surface area contributed by atoms with Gasteiger partial charge < -0.3 is 9.45 Å². The standard InChI is InChI=1S/C15H16FN3O3S/c1-10-14(18-22-17-10)8-15(20)19-7-6-13(9-19)23(21)12-4-2-11(16)3-5-12/h2-5,13H,6-9H2,1H3. The van der Waals surface area contributed by atoms with Gasteiger partial charge in [0.1, 0.15) is 22.5 Å². The highest BCUT2D eigenvalue weighted by Gasteiger charge is 2.35. The Kier molecular flexibility index (Phi) is 4.63. The molecule has 2 heterocycles. The predicted octanol–water partition coefficient (Wildman–Crippen LogP) is 1.47. The molecule has 1 aromatic heterocycles. The van der Waals surface area contributed by atoms with E-state index in [9.17, 15) is 13.7 Å². The molecule has 0 saturated carbocycles. The fraction of sp³-hybridized carbons (Fsp3) is 0.400. The minimum absolute atomic E-state index is 0.0811. The Bertz CT molecular complexity index is 692. The molecule has 0 spiro atoms. The van der Waals surface area contributed by atoms with Crippen LogP contribution in [0.5, 0.6) is 0 Å². The smallest absolute Gasteiger partial charge is 0.228 e. The van der Waals surface area contributed by atoms with Crippen molar-refractivity contribution in [3.63, 3.8) is 0 Å². The van der Waals surface area contributed by atoms with Crippen molar-refractivity contribution in [3.05, 3.63) is 41.5 Å². The molecule has 0 aliphatic carbocycles. The first-order valence-electron chi connectivity index (χ1n) is 7.26. The number of hydrogen-bond acceptors (Lipinski definition) is 5. The van der Waals surface area contributed by atoms with Gasteiger partial charge in [-0.15, -0.1) is 0 Å². The second-order valence-corrected chi connectivity index (χ2v) is 7.21. The molecular formula is C15H16FN3O3S. The number of rotatable bonds is 4. The Morgan fingerprint density at radius 1 is 1.43 bits per heavy atom. The third-order valence-corrected chi connectivity index (χ3v) is 5.64. The number of halogens is 1. The molecule has 23 heavy (non-hydrogen) atoms. The first-order valence-corrected chi connectivity index (χ1v) is 8.48. The number of benzene rings is 1. The van der Waals surface area contributed by atoms with Crippen molar-refractivity contribution in [2.24, 2.45) is 0 Å². The highest BCUT2D eigenvalue weighted by molar-refractivity contribution is 7.92. The lowest BCUT2D eigenvalue weighted by Crippen LogP contribution is -2.33. The monoisotopic (exact) mass is 337 g/mol. The third kappa shape index (κ3) is 3.53. The average Bonchev–Trinajstić information content (AvgIpc) is 3.17. The van der Waals surface area contributed by atoms with E-state index in [1.807, 2.05) is 0 Å². The predicted molar refractivity (Wildman–Crippen MR) is 80.5 cm³/mol. The van der Waals surface area contributed by atoms with Gasteiger partial charge >= 0.3 is 0 Å². The zero-order chi connectivity index (χ0) is 16.4. The summed E-state index contributed by atoms with van der Waals surface area (Å²) in [7, 11) is 0. The van der Waals surface area contributed by atoms with E-state index in [4.69, 9.17) is 0 Å². The van der Waals surface area contributed by atoms with Gasteiger partial charge in [0.15, 0.2) is 4.90 Å². The first-order chi connectivity index (χ1) is 11.0. The summed E-state index contributed by atoms with van der Waals surface area (Å²) < 4.78 is 30.0. The van der Waals surface area contributed by atoms with Crippen molar-refractivity contribution in [3.8, 4) is 0 Å². The molecule has 0 radical (unpaired) electrons. The lowest BCUT2D eigenvalue weighted by atomic mass is 10.2. The van der Waals surface area contributed by atoms with E-state index in [1.54, 1.807) is 11.8 Å². The van der Waals surface area contributed by atoms with E-state index in [1.165, 1.54) is 24.3 Å². The normalized spacial score (nSPS) is 19.1. The van der Waals surface area contributed by atoms with E-state index >= 15 is 0 Å². The highest BCUT2D eigenvalue weighted by Crippen LogP contribution is 2.24. The fourth-order valence-corrected chi connectivity index (χ4v) is 3.98. The number of amides is 1.